The van der Waals surface area contributed by atoms with Crippen LogP contribution in [0.4, 0.5) is 0 Å². The second-order valence-corrected chi connectivity index (χ2v) is 8.70. The minimum atomic E-state index is -0.436. The molecular formula is C19H28O3. The van der Waals surface area contributed by atoms with Crippen LogP contribution < -0.4 is 0 Å². The van der Waals surface area contributed by atoms with Gasteiger partial charge in [0.15, 0.2) is 0 Å². The van der Waals surface area contributed by atoms with Gasteiger partial charge in [0.25, 0.3) is 0 Å². The van der Waals surface area contributed by atoms with Crippen molar-refractivity contribution in [2.24, 2.45) is 28.6 Å². The van der Waals surface area contributed by atoms with E-state index in [4.69, 9.17) is 0 Å². The van der Waals surface area contributed by atoms with Gasteiger partial charge in [0.1, 0.15) is 5.78 Å². The molecule has 4 rings (SSSR count). The standard InChI is InChI=1S/C19H28O3/c1-18-7-5-12(20)9-11(18)10-15(21)17-13-3-4-16(22)19(13,2)8-6-14(17)18/h10,12-15,17,20-21H,3-9H2,1-2H3/t12-,13+,14+,15+,17+,18+,19+/m1/s1. The lowest BCUT2D eigenvalue weighted by Crippen LogP contribution is -2.54. The number of hydrogen-bond acceptors (Lipinski definition) is 3. The van der Waals surface area contributed by atoms with Crippen LogP contribution in [0, 0.1) is 28.6 Å². The highest BCUT2D eigenvalue weighted by atomic mass is 16.3. The SMILES string of the molecule is C[C@]12CC[C@@H](O)CC1=C[C@H](O)[C@@H]1[C@@H]2CC[C@]2(C)C(=O)CC[C@@H]12. The van der Waals surface area contributed by atoms with Gasteiger partial charge in [-0.15, -0.1) is 0 Å². The summed E-state index contributed by atoms with van der Waals surface area (Å²) < 4.78 is 0. The Morgan fingerprint density at radius 3 is 2.50 bits per heavy atom. The summed E-state index contributed by atoms with van der Waals surface area (Å²) >= 11 is 0. The van der Waals surface area contributed by atoms with Gasteiger partial charge in [-0.3, -0.25) is 4.79 Å². The molecule has 3 heteroatoms. The van der Waals surface area contributed by atoms with Crippen LogP contribution in [0.3, 0.4) is 0 Å². The van der Waals surface area contributed by atoms with Gasteiger partial charge < -0.3 is 10.2 Å². The Hall–Kier alpha value is -0.670. The van der Waals surface area contributed by atoms with E-state index < -0.39 is 6.10 Å². The molecule has 2 N–H and O–H groups in total. The highest BCUT2D eigenvalue weighted by Crippen LogP contribution is 2.63. The monoisotopic (exact) mass is 304 g/mol. The molecule has 0 unspecified atom stereocenters. The number of carbonyl (C=O) groups is 1. The fourth-order valence-corrected chi connectivity index (χ4v) is 6.40. The lowest BCUT2D eigenvalue weighted by atomic mass is 9.47. The maximum absolute atomic E-state index is 12.4. The number of ketones is 1. The van der Waals surface area contributed by atoms with E-state index in [0.717, 1.165) is 38.5 Å². The molecule has 3 saturated carbocycles. The number of hydrogen-bond donors (Lipinski definition) is 2. The Morgan fingerprint density at radius 2 is 1.73 bits per heavy atom. The van der Waals surface area contributed by atoms with Crippen LogP contribution in [0.2, 0.25) is 0 Å². The van der Waals surface area contributed by atoms with E-state index in [2.05, 4.69) is 13.8 Å². The van der Waals surface area contributed by atoms with Crippen molar-refractivity contribution in [3.05, 3.63) is 11.6 Å². The zero-order chi connectivity index (χ0) is 15.7. The number of carbonyl (C=O) groups excluding carboxylic acids is 1. The Labute approximate surface area is 132 Å². The molecule has 0 bridgehead atoms. The van der Waals surface area contributed by atoms with Crippen molar-refractivity contribution in [3.8, 4) is 0 Å². The van der Waals surface area contributed by atoms with Gasteiger partial charge in [-0.25, -0.2) is 0 Å². The summed E-state index contributed by atoms with van der Waals surface area (Å²) in [5, 5.41) is 20.8. The van der Waals surface area contributed by atoms with Crippen molar-refractivity contribution < 1.29 is 15.0 Å². The molecule has 3 fully saturated rings. The third-order valence-corrected chi connectivity index (χ3v) is 7.81. The molecule has 0 radical (unpaired) electrons. The van der Waals surface area contributed by atoms with Gasteiger partial charge in [-0.2, -0.15) is 0 Å². The first-order valence-corrected chi connectivity index (χ1v) is 8.97. The number of rotatable bonds is 0. The Balaban J connectivity index is 1.75. The third kappa shape index (κ3) is 1.78. The number of Topliss-reactive ketones (excluding diaryl/α,β-unsaturated/α-hetero) is 1. The van der Waals surface area contributed by atoms with Gasteiger partial charge in [0, 0.05) is 11.8 Å². The van der Waals surface area contributed by atoms with Crippen molar-refractivity contribution >= 4 is 5.78 Å². The smallest absolute Gasteiger partial charge is 0.139 e. The summed E-state index contributed by atoms with van der Waals surface area (Å²) in [5.74, 6) is 1.46. The molecule has 3 nitrogen and oxygen atoms in total. The van der Waals surface area contributed by atoms with Crippen molar-refractivity contribution in [1.82, 2.24) is 0 Å². The molecule has 0 saturated heterocycles. The molecule has 4 aliphatic rings. The van der Waals surface area contributed by atoms with E-state index in [1.54, 1.807) is 0 Å². The Morgan fingerprint density at radius 1 is 1.05 bits per heavy atom. The van der Waals surface area contributed by atoms with Crippen LogP contribution in [0.1, 0.15) is 58.8 Å². The van der Waals surface area contributed by atoms with Gasteiger partial charge in [-0.05, 0) is 61.7 Å². The lowest BCUT2D eigenvalue weighted by Gasteiger charge is -2.58. The average molecular weight is 304 g/mol. The number of aliphatic hydroxyl groups is 2. The largest absolute Gasteiger partial charge is 0.393 e. The molecule has 0 aliphatic heterocycles. The normalized spacial score (nSPS) is 54.3. The van der Waals surface area contributed by atoms with Crippen LogP contribution in [-0.4, -0.2) is 28.2 Å². The molecule has 22 heavy (non-hydrogen) atoms. The Kier molecular flexibility index (Phi) is 3.16. The van der Waals surface area contributed by atoms with Gasteiger partial charge in [-0.1, -0.05) is 25.5 Å². The molecular weight excluding hydrogens is 276 g/mol. The van der Waals surface area contributed by atoms with Crippen LogP contribution in [0.5, 0.6) is 0 Å². The van der Waals surface area contributed by atoms with Gasteiger partial charge in [0.2, 0.25) is 0 Å². The summed E-state index contributed by atoms with van der Waals surface area (Å²) in [6.07, 6.45) is 7.65. The maximum atomic E-state index is 12.4. The average Bonchev–Trinajstić information content (AvgIpc) is 2.77. The van der Waals surface area contributed by atoms with Crippen LogP contribution >= 0.6 is 0 Å². The van der Waals surface area contributed by atoms with E-state index >= 15 is 0 Å². The summed E-state index contributed by atoms with van der Waals surface area (Å²) in [6, 6.07) is 0. The minimum absolute atomic E-state index is 0.121. The molecule has 0 aromatic rings. The van der Waals surface area contributed by atoms with E-state index in [1.807, 2.05) is 6.08 Å². The second-order valence-electron chi connectivity index (χ2n) is 8.70. The quantitative estimate of drug-likeness (QED) is 0.677. The fraction of sp³-hybridized carbons (Fsp3) is 0.842. The van der Waals surface area contributed by atoms with Crippen molar-refractivity contribution in [2.45, 2.75) is 71.0 Å². The summed E-state index contributed by atoms with van der Waals surface area (Å²) in [7, 11) is 0. The molecule has 0 aromatic heterocycles. The second kappa shape index (κ2) is 4.67. The molecule has 0 aromatic carbocycles. The third-order valence-electron chi connectivity index (χ3n) is 7.81. The van der Waals surface area contributed by atoms with E-state index in [-0.39, 0.29) is 22.9 Å². The first-order chi connectivity index (χ1) is 10.4. The number of fused-ring (bicyclic) bond motifs is 5. The maximum Gasteiger partial charge on any atom is 0.139 e. The first kappa shape index (κ1) is 14.9. The van der Waals surface area contributed by atoms with E-state index in [1.165, 1.54) is 5.57 Å². The minimum Gasteiger partial charge on any atom is -0.393 e. The van der Waals surface area contributed by atoms with Crippen molar-refractivity contribution in [1.29, 1.82) is 0 Å². The lowest BCUT2D eigenvalue weighted by molar-refractivity contribution is -0.135. The predicted molar refractivity (Wildman–Crippen MR) is 84.1 cm³/mol. The molecule has 4 aliphatic carbocycles. The van der Waals surface area contributed by atoms with Crippen LogP contribution in [0.25, 0.3) is 0 Å². The van der Waals surface area contributed by atoms with Crippen molar-refractivity contribution in [2.75, 3.05) is 0 Å². The zero-order valence-electron chi connectivity index (χ0n) is 13.7. The topological polar surface area (TPSA) is 57.5 Å². The van der Waals surface area contributed by atoms with Crippen molar-refractivity contribution in [3.63, 3.8) is 0 Å². The predicted octanol–water partition coefficient (Wildman–Crippen LogP) is 2.85. The fourth-order valence-electron chi connectivity index (χ4n) is 6.40. The van der Waals surface area contributed by atoms with Crippen LogP contribution in [0.15, 0.2) is 11.6 Å². The first-order valence-electron chi connectivity index (χ1n) is 8.97. The van der Waals surface area contributed by atoms with E-state index in [9.17, 15) is 15.0 Å². The highest BCUT2D eigenvalue weighted by Gasteiger charge is 2.60. The van der Waals surface area contributed by atoms with Gasteiger partial charge in [0.05, 0.1) is 12.2 Å². The van der Waals surface area contributed by atoms with E-state index in [0.29, 0.717) is 24.0 Å². The van der Waals surface area contributed by atoms with Crippen LogP contribution in [-0.2, 0) is 4.79 Å². The Bertz CT molecular complexity index is 539. The molecule has 0 heterocycles. The molecule has 7 atom stereocenters. The summed E-state index contributed by atoms with van der Waals surface area (Å²) in [6.45, 7) is 4.48. The summed E-state index contributed by atoms with van der Waals surface area (Å²) in [4.78, 5) is 12.4. The number of aliphatic hydroxyl groups excluding tert-OH is 2. The molecule has 0 spiro atoms. The summed E-state index contributed by atoms with van der Waals surface area (Å²) in [5.41, 5.74) is 1.20. The zero-order valence-corrected chi connectivity index (χ0v) is 13.7. The highest BCUT2D eigenvalue weighted by molar-refractivity contribution is 5.87. The molecule has 122 valence electrons. The van der Waals surface area contributed by atoms with Gasteiger partial charge >= 0.3 is 0 Å². The molecule has 0 amide bonds.